The molecule has 1 amide bonds. The van der Waals surface area contributed by atoms with Crippen molar-refractivity contribution in [3.63, 3.8) is 0 Å². The fourth-order valence-electron chi connectivity index (χ4n) is 3.12. The number of carbonyl (C=O) groups excluding carboxylic acids is 1. The number of fused-ring (bicyclic) bond motifs is 1. The SMILES string of the molecule is CC1CN(C(=O)c2n[nH]c3c2CCCC3)C(C)(C)CO1. The number of H-pyrrole nitrogens is 1. The molecule has 0 saturated carbocycles. The Kier molecular flexibility index (Phi) is 3.32. The molecule has 5 nitrogen and oxygen atoms in total. The summed E-state index contributed by atoms with van der Waals surface area (Å²) in [5.74, 6) is 0.0459. The Labute approximate surface area is 119 Å². The molecular weight excluding hydrogens is 254 g/mol. The van der Waals surface area contributed by atoms with Crippen molar-refractivity contribution >= 4 is 5.91 Å². The number of hydrogen-bond acceptors (Lipinski definition) is 3. The molecule has 0 bridgehead atoms. The zero-order chi connectivity index (χ0) is 14.3. The van der Waals surface area contributed by atoms with Crippen LogP contribution in [0.5, 0.6) is 0 Å². The molecule has 5 heteroatoms. The summed E-state index contributed by atoms with van der Waals surface area (Å²) in [6.07, 6.45) is 4.39. The van der Waals surface area contributed by atoms with Gasteiger partial charge < -0.3 is 9.64 Å². The van der Waals surface area contributed by atoms with E-state index in [1.165, 1.54) is 6.42 Å². The van der Waals surface area contributed by atoms with Gasteiger partial charge in [0.25, 0.3) is 5.91 Å². The molecule has 1 atom stereocenters. The average Bonchev–Trinajstić information content (AvgIpc) is 2.85. The second-order valence-electron chi connectivity index (χ2n) is 6.59. The fraction of sp³-hybridized carbons (Fsp3) is 0.733. The average molecular weight is 277 g/mol. The maximum Gasteiger partial charge on any atom is 0.275 e. The number of aromatic nitrogens is 2. The number of hydrogen-bond donors (Lipinski definition) is 1. The lowest BCUT2D eigenvalue weighted by molar-refractivity contribution is -0.0758. The van der Waals surface area contributed by atoms with E-state index in [9.17, 15) is 4.79 Å². The topological polar surface area (TPSA) is 58.2 Å². The van der Waals surface area contributed by atoms with Gasteiger partial charge in [-0.25, -0.2) is 0 Å². The molecule has 3 rings (SSSR count). The van der Waals surface area contributed by atoms with Gasteiger partial charge in [-0.1, -0.05) is 0 Å². The minimum absolute atomic E-state index is 0.0459. The van der Waals surface area contributed by atoms with Crippen LogP contribution in [0.4, 0.5) is 0 Å². The molecule has 0 radical (unpaired) electrons. The maximum atomic E-state index is 12.9. The predicted molar refractivity (Wildman–Crippen MR) is 75.8 cm³/mol. The van der Waals surface area contributed by atoms with Crippen molar-refractivity contribution in [2.24, 2.45) is 0 Å². The summed E-state index contributed by atoms with van der Waals surface area (Å²) < 4.78 is 5.68. The van der Waals surface area contributed by atoms with Crippen LogP contribution >= 0.6 is 0 Å². The van der Waals surface area contributed by atoms with Crippen LogP contribution < -0.4 is 0 Å². The molecule has 1 unspecified atom stereocenters. The van der Waals surface area contributed by atoms with E-state index in [2.05, 4.69) is 24.0 Å². The molecule has 1 aromatic rings. The summed E-state index contributed by atoms with van der Waals surface area (Å²) in [5, 5.41) is 7.36. The quantitative estimate of drug-likeness (QED) is 0.853. The van der Waals surface area contributed by atoms with Crippen molar-refractivity contribution in [1.82, 2.24) is 15.1 Å². The zero-order valence-corrected chi connectivity index (χ0v) is 12.5. The van der Waals surface area contributed by atoms with Crippen LogP contribution in [0.2, 0.25) is 0 Å². The fourth-order valence-corrected chi connectivity index (χ4v) is 3.12. The third-order valence-corrected chi connectivity index (χ3v) is 4.40. The molecule has 2 heterocycles. The second kappa shape index (κ2) is 4.88. The van der Waals surface area contributed by atoms with Crippen molar-refractivity contribution in [1.29, 1.82) is 0 Å². The Bertz CT molecular complexity index is 521. The number of rotatable bonds is 1. The number of aromatic amines is 1. The van der Waals surface area contributed by atoms with Crippen LogP contribution in [0.1, 0.15) is 55.4 Å². The van der Waals surface area contributed by atoms with Gasteiger partial charge in [0.05, 0.1) is 18.2 Å². The minimum Gasteiger partial charge on any atom is -0.374 e. The van der Waals surface area contributed by atoms with Gasteiger partial charge in [0.2, 0.25) is 0 Å². The molecule has 20 heavy (non-hydrogen) atoms. The number of morpholine rings is 1. The molecule has 1 aliphatic carbocycles. The first kappa shape index (κ1) is 13.6. The summed E-state index contributed by atoms with van der Waals surface area (Å²) in [4.78, 5) is 14.8. The van der Waals surface area contributed by atoms with Gasteiger partial charge in [0, 0.05) is 17.8 Å². The number of aryl methyl sites for hydroxylation is 1. The monoisotopic (exact) mass is 277 g/mol. The van der Waals surface area contributed by atoms with Gasteiger partial charge >= 0.3 is 0 Å². The Morgan fingerprint density at radius 1 is 1.40 bits per heavy atom. The molecule has 1 N–H and O–H groups in total. The lowest BCUT2D eigenvalue weighted by Gasteiger charge is -2.44. The molecule has 1 aromatic heterocycles. The van der Waals surface area contributed by atoms with E-state index in [-0.39, 0.29) is 17.6 Å². The zero-order valence-electron chi connectivity index (χ0n) is 12.5. The van der Waals surface area contributed by atoms with Gasteiger partial charge in [0.15, 0.2) is 5.69 Å². The highest BCUT2D eigenvalue weighted by atomic mass is 16.5. The van der Waals surface area contributed by atoms with E-state index in [0.29, 0.717) is 18.8 Å². The third-order valence-electron chi connectivity index (χ3n) is 4.40. The van der Waals surface area contributed by atoms with Gasteiger partial charge in [-0.05, 0) is 46.5 Å². The number of ether oxygens (including phenoxy) is 1. The molecule has 1 aliphatic heterocycles. The Morgan fingerprint density at radius 3 is 2.95 bits per heavy atom. The van der Waals surface area contributed by atoms with E-state index in [0.717, 1.165) is 30.5 Å². The Morgan fingerprint density at radius 2 is 2.15 bits per heavy atom. The Hall–Kier alpha value is -1.36. The molecule has 1 saturated heterocycles. The van der Waals surface area contributed by atoms with Gasteiger partial charge in [0.1, 0.15) is 0 Å². The molecular formula is C15H23N3O2. The molecule has 110 valence electrons. The van der Waals surface area contributed by atoms with Crippen molar-refractivity contribution in [3.05, 3.63) is 17.0 Å². The Balaban J connectivity index is 1.90. The van der Waals surface area contributed by atoms with Crippen molar-refractivity contribution in [3.8, 4) is 0 Å². The maximum absolute atomic E-state index is 12.9. The number of nitrogens with zero attached hydrogens (tertiary/aromatic N) is 2. The predicted octanol–water partition coefficient (Wildman–Crippen LogP) is 1.93. The summed E-state index contributed by atoms with van der Waals surface area (Å²) in [7, 11) is 0. The van der Waals surface area contributed by atoms with Crippen LogP contribution in [0.25, 0.3) is 0 Å². The van der Waals surface area contributed by atoms with Crippen molar-refractivity contribution in [2.75, 3.05) is 13.2 Å². The first-order valence-corrected chi connectivity index (χ1v) is 7.49. The highest BCUT2D eigenvalue weighted by molar-refractivity contribution is 5.94. The number of nitrogens with one attached hydrogen (secondary N) is 1. The highest BCUT2D eigenvalue weighted by Crippen LogP contribution is 2.28. The normalized spacial score (nSPS) is 25.4. The summed E-state index contributed by atoms with van der Waals surface area (Å²) in [6, 6.07) is 0. The molecule has 1 fully saturated rings. The summed E-state index contributed by atoms with van der Waals surface area (Å²) in [6.45, 7) is 7.32. The second-order valence-corrected chi connectivity index (χ2v) is 6.59. The van der Waals surface area contributed by atoms with E-state index in [4.69, 9.17) is 4.74 Å². The lowest BCUT2D eigenvalue weighted by atomic mass is 9.94. The lowest BCUT2D eigenvalue weighted by Crippen LogP contribution is -2.58. The summed E-state index contributed by atoms with van der Waals surface area (Å²) in [5.41, 5.74) is 2.64. The van der Waals surface area contributed by atoms with Gasteiger partial charge in [-0.15, -0.1) is 0 Å². The van der Waals surface area contributed by atoms with Crippen LogP contribution in [0, 0.1) is 0 Å². The van der Waals surface area contributed by atoms with Crippen LogP contribution in [-0.4, -0.2) is 45.8 Å². The van der Waals surface area contributed by atoms with E-state index in [1.807, 2.05) is 11.8 Å². The van der Waals surface area contributed by atoms with Gasteiger partial charge in [-0.3, -0.25) is 9.89 Å². The molecule has 0 aromatic carbocycles. The summed E-state index contributed by atoms with van der Waals surface area (Å²) >= 11 is 0. The number of carbonyl (C=O) groups is 1. The molecule has 2 aliphatic rings. The van der Waals surface area contributed by atoms with Gasteiger partial charge in [-0.2, -0.15) is 5.10 Å². The smallest absolute Gasteiger partial charge is 0.275 e. The standard InChI is InChI=1S/C15H23N3O2/c1-10-8-18(15(2,3)9-20-10)14(19)13-11-6-4-5-7-12(11)16-17-13/h10H,4-9H2,1-3H3,(H,16,17). The largest absolute Gasteiger partial charge is 0.374 e. The molecule has 0 spiro atoms. The van der Waals surface area contributed by atoms with Crippen molar-refractivity contribution < 1.29 is 9.53 Å². The van der Waals surface area contributed by atoms with E-state index >= 15 is 0 Å². The van der Waals surface area contributed by atoms with E-state index in [1.54, 1.807) is 0 Å². The minimum atomic E-state index is -0.274. The highest BCUT2D eigenvalue weighted by Gasteiger charge is 2.39. The number of amides is 1. The van der Waals surface area contributed by atoms with Crippen LogP contribution in [0.3, 0.4) is 0 Å². The van der Waals surface area contributed by atoms with E-state index < -0.39 is 0 Å². The van der Waals surface area contributed by atoms with Crippen LogP contribution in [-0.2, 0) is 17.6 Å². The first-order valence-electron chi connectivity index (χ1n) is 7.49. The third kappa shape index (κ3) is 2.24. The van der Waals surface area contributed by atoms with Crippen molar-refractivity contribution in [2.45, 2.75) is 58.1 Å². The first-order chi connectivity index (χ1) is 9.49. The van der Waals surface area contributed by atoms with Crippen LogP contribution in [0.15, 0.2) is 0 Å².